The number of benzene rings is 1. The van der Waals surface area contributed by atoms with Gasteiger partial charge in [-0.05, 0) is 44.5 Å². The Morgan fingerprint density at radius 3 is 2.58 bits per heavy atom. The van der Waals surface area contributed by atoms with Gasteiger partial charge in [0.2, 0.25) is 5.91 Å². The van der Waals surface area contributed by atoms with Crippen molar-refractivity contribution in [3.05, 3.63) is 23.8 Å². The summed E-state index contributed by atoms with van der Waals surface area (Å²) in [6, 6.07) is 5.44. The van der Waals surface area contributed by atoms with E-state index in [1.807, 2.05) is 19.1 Å². The number of carboxylic acid groups (broad SMARTS) is 1. The van der Waals surface area contributed by atoms with E-state index >= 15 is 0 Å². The van der Waals surface area contributed by atoms with E-state index in [0.717, 1.165) is 37.4 Å². The van der Waals surface area contributed by atoms with Gasteiger partial charge < -0.3 is 19.9 Å². The Kier molecular flexibility index (Phi) is 5.83. The predicted octanol–water partition coefficient (Wildman–Crippen LogP) is 2.99. The van der Waals surface area contributed by atoms with Gasteiger partial charge in [0, 0.05) is 24.9 Å². The monoisotopic (exact) mass is 335 g/mol. The van der Waals surface area contributed by atoms with Crippen molar-refractivity contribution in [1.82, 2.24) is 0 Å². The molecule has 1 aliphatic heterocycles. The Bertz CT molecular complexity index is 605. The van der Waals surface area contributed by atoms with Gasteiger partial charge in [-0.3, -0.25) is 9.59 Å². The van der Waals surface area contributed by atoms with Crippen LogP contribution in [0.5, 0.6) is 5.75 Å². The molecule has 0 aromatic heterocycles. The van der Waals surface area contributed by atoms with Crippen LogP contribution in [0.4, 0.5) is 5.69 Å². The van der Waals surface area contributed by atoms with Crippen molar-refractivity contribution in [3.63, 3.8) is 0 Å². The van der Waals surface area contributed by atoms with Crippen molar-refractivity contribution >= 4 is 17.6 Å². The molecule has 1 aromatic rings. The molecule has 1 heterocycles. The zero-order chi connectivity index (χ0) is 17.7. The number of carbonyl (C=O) groups excluding carboxylic acids is 1. The third-order valence-corrected chi connectivity index (χ3v) is 4.10. The predicted molar refractivity (Wildman–Crippen MR) is 90.3 cm³/mol. The molecule has 132 valence electrons. The van der Waals surface area contributed by atoms with Crippen LogP contribution in [0.25, 0.3) is 0 Å². The SMILES string of the molecule is Cc1cc(NC(=O)CC(C)(C)C(=O)O)ccc1OC1CCOCC1. The summed E-state index contributed by atoms with van der Waals surface area (Å²) in [5.74, 6) is -0.514. The van der Waals surface area contributed by atoms with Gasteiger partial charge in [-0.1, -0.05) is 0 Å². The Labute approximate surface area is 142 Å². The van der Waals surface area contributed by atoms with E-state index in [0.29, 0.717) is 5.69 Å². The molecule has 24 heavy (non-hydrogen) atoms. The van der Waals surface area contributed by atoms with Gasteiger partial charge in [0.15, 0.2) is 0 Å². The topological polar surface area (TPSA) is 84.9 Å². The second kappa shape index (κ2) is 7.66. The minimum absolute atomic E-state index is 0.0816. The maximum absolute atomic E-state index is 12.0. The minimum atomic E-state index is -1.09. The molecule has 0 saturated carbocycles. The van der Waals surface area contributed by atoms with E-state index < -0.39 is 11.4 Å². The number of hydrogen-bond donors (Lipinski definition) is 2. The zero-order valence-electron chi connectivity index (χ0n) is 14.4. The minimum Gasteiger partial charge on any atom is -0.490 e. The summed E-state index contributed by atoms with van der Waals surface area (Å²) in [5.41, 5.74) is 0.473. The maximum atomic E-state index is 12.0. The fourth-order valence-corrected chi connectivity index (χ4v) is 2.51. The first-order valence-corrected chi connectivity index (χ1v) is 8.16. The van der Waals surface area contributed by atoms with Gasteiger partial charge in [-0.25, -0.2) is 0 Å². The van der Waals surface area contributed by atoms with Crippen LogP contribution in [-0.4, -0.2) is 36.3 Å². The first-order chi connectivity index (χ1) is 11.3. The summed E-state index contributed by atoms with van der Waals surface area (Å²) in [7, 11) is 0. The molecule has 6 nitrogen and oxygen atoms in total. The molecule has 0 atom stereocenters. The van der Waals surface area contributed by atoms with E-state index in [-0.39, 0.29) is 18.4 Å². The number of carbonyl (C=O) groups is 2. The van der Waals surface area contributed by atoms with Crippen molar-refractivity contribution in [2.24, 2.45) is 5.41 Å². The third-order valence-electron chi connectivity index (χ3n) is 4.10. The third kappa shape index (κ3) is 4.96. The highest BCUT2D eigenvalue weighted by Gasteiger charge is 2.30. The number of ether oxygens (including phenoxy) is 2. The number of hydrogen-bond acceptors (Lipinski definition) is 4. The van der Waals surface area contributed by atoms with Crippen LogP contribution in [0.1, 0.15) is 38.7 Å². The average Bonchev–Trinajstić information content (AvgIpc) is 2.50. The lowest BCUT2D eigenvalue weighted by atomic mass is 9.89. The summed E-state index contributed by atoms with van der Waals surface area (Å²) in [6.07, 6.45) is 1.83. The molecule has 0 radical (unpaired) electrons. The molecule has 1 fully saturated rings. The molecule has 1 aliphatic rings. The van der Waals surface area contributed by atoms with Crippen molar-refractivity contribution in [1.29, 1.82) is 0 Å². The first kappa shape index (κ1) is 18.3. The largest absolute Gasteiger partial charge is 0.490 e. The van der Waals surface area contributed by atoms with Gasteiger partial charge in [-0.2, -0.15) is 0 Å². The Morgan fingerprint density at radius 1 is 1.33 bits per heavy atom. The van der Waals surface area contributed by atoms with Gasteiger partial charge in [0.05, 0.1) is 18.6 Å². The number of carboxylic acids is 1. The highest BCUT2D eigenvalue weighted by molar-refractivity contribution is 5.94. The lowest BCUT2D eigenvalue weighted by Gasteiger charge is -2.24. The van der Waals surface area contributed by atoms with E-state index in [1.165, 1.54) is 13.8 Å². The molecule has 1 aromatic carbocycles. The Balaban J connectivity index is 1.96. The highest BCUT2D eigenvalue weighted by atomic mass is 16.5. The quantitative estimate of drug-likeness (QED) is 0.835. The summed E-state index contributed by atoms with van der Waals surface area (Å²) >= 11 is 0. The smallest absolute Gasteiger partial charge is 0.309 e. The normalized spacial score (nSPS) is 15.8. The highest BCUT2D eigenvalue weighted by Crippen LogP contribution is 2.26. The number of aliphatic carboxylic acids is 1. The van der Waals surface area contributed by atoms with Crippen LogP contribution in [0, 0.1) is 12.3 Å². The van der Waals surface area contributed by atoms with Crippen LogP contribution in [-0.2, 0) is 14.3 Å². The van der Waals surface area contributed by atoms with Crippen LogP contribution >= 0.6 is 0 Å². The number of anilines is 1. The molecule has 0 aliphatic carbocycles. The molecule has 0 bridgehead atoms. The van der Waals surface area contributed by atoms with E-state index in [4.69, 9.17) is 14.6 Å². The second-order valence-corrected chi connectivity index (χ2v) is 6.82. The van der Waals surface area contributed by atoms with Crippen LogP contribution < -0.4 is 10.1 Å². The summed E-state index contributed by atoms with van der Waals surface area (Å²) in [6.45, 7) is 6.43. The molecule has 0 spiro atoms. The van der Waals surface area contributed by atoms with Gasteiger partial charge in [-0.15, -0.1) is 0 Å². The van der Waals surface area contributed by atoms with Crippen molar-refractivity contribution in [2.45, 2.75) is 46.1 Å². The van der Waals surface area contributed by atoms with Crippen molar-refractivity contribution in [2.75, 3.05) is 18.5 Å². The molecule has 2 rings (SSSR count). The van der Waals surface area contributed by atoms with Crippen LogP contribution in [0.15, 0.2) is 18.2 Å². The molecular formula is C18H25NO5. The standard InChI is InChI=1S/C18H25NO5/c1-12-10-13(19-16(20)11-18(2,3)17(21)22)4-5-15(12)24-14-6-8-23-9-7-14/h4-5,10,14H,6-9,11H2,1-3H3,(H,19,20)(H,21,22). The van der Waals surface area contributed by atoms with E-state index in [9.17, 15) is 9.59 Å². The van der Waals surface area contributed by atoms with Crippen molar-refractivity contribution in [3.8, 4) is 5.75 Å². The maximum Gasteiger partial charge on any atom is 0.309 e. The number of rotatable bonds is 6. The average molecular weight is 335 g/mol. The zero-order valence-corrected chi connectivity index (χ0v) is 14.4. The van der Waals surface area contributed by atoms with Crippen LogP contribution in [0.3, 0.4) is 0 Å². The lowest BCUT2D eigenvalue weighted by molar-refractivity contribution is -0.148. The molecule has 1 saturated heterocycles. The molecule has 6 heteroatoms. The Hall–Kier alpha value is -2.08. The van der Waals surface area contributed by atoms with E-state index in [1.54, 1.807) is 6.07 Å². The molecule has 2 N–H and O–H groups in total. The summed E-state index contributed by atoms with van der Waals surface area (Å²) in [5, 5.41) is 11.8. The number of amides is 1. The fourth-order valence-electron chi connectivity index (χ4n) is 2.51. The first-order valence-electron chi connectivity index (χ1n) is 8.16. The summed E-state index contributed by atoms with van der Waals surface area (Å²) in [4.78, 5) is 23.1. The number of aryl methyl sites for hydroxylation is 1. The molecular weight excluding hydrogens is 310 g/mol. The van der Waals surface area contributed by atoms with Gasteiger partial charge in [0.25, 0.3) is 0 Å². The van der Waals surface area contributed by atoms with Crippen LogP contribution in [0.2, 0.25) is 0 Å². The van der Waals surface area contributed by atoms with Gasteiger partial charge in [0.1, 0.15) is 11.9 Å². The molecule has 1 amide bonds. The Morgan fingerprint density at radius 2 is 2.00 bits per heavy atom. The fraction of sp³-hybridized carbons (Fsp3) is 0.556. The lowest BCUT2D eigenvalue weighted by Crippen LogP contribution is -2.29. The van der Waals surface area contributed by atoms with Crippen molar-refractivity contribution < 1.29 is 24.2 Å². The van der Waals surface area contributed by atoms with Gasteiger partial charge >= 0.3 is 5.97 Å². The van der Waals surface area contributed by atoms with E-state index in [2.05, 4.69) is 5.32 Å². The molecule has 0 unspecified atom stereocenters. The number of nitrogens with one attached hydrogen (secondary N) is 1. The summed E-state index contributed by atoms with van der Waals surface area (Å²) < 4.78 is 11.3. The second-order valence-electron chi connectivity index (χ2n) is 6.82.